The number of amides is 2. The van der Waals surface area contributed by atoms with Gasteiger partial charge in [-0.3, -0.25) is 13.9 Å². The van der Waals surface area contributed by atoms with Crippen LogP contribution < -0.4 is 9.62 Å². The minimum absolute atomic E-state index is 0.0988. The van der Waals surface area contributed by atoms with Crippen LogP contribution in [0.2, 0.25) is 5.02 Å². The van der Waals surface area contributed by atoms with Crippen LogP contribution in [0.15, 0.2) is 48.5 Å². The maximum Gasteiger partial charge on any atom is 0.244 e. The molecule has 0 aliphatic carbocycles. The number of nitrogens with one attached hydrogen (secondary N) is 1. The molecule has 0 saturated carbocycles. The number of hydrogen-bond acceptors (Lipinski definition) is 4. The average molecular weight is 606 g/mol. The average Bonchev–Trinajstić information content (AvgIpc) is 2.72. The van der Waals surface area contributed by atoms with Gasteiger partial charge in [-0.1, -0.05) is 30.7 Å². The van der Waals surface area contributed by atoms with Gasteiger partial charge >= 0.3 is 0 Å². The summed E-state index contributed by atoms with van der Waals surface area (Å²) in [5, 5.41) is 3.42. The summed E-state index contributed by atoms with van der Waals surface area (Å²) in [6.07, 6.45) is 1.44. The van der Waals surface area contributed by atoms with Crippen LogP contribution in [0.3, 0.4) is 0 Å². The lowest BCUT2D eigenvalue weighted by Gasteiger charge is -2.33. The third-order valence-corrected chi connectivity index (χ3v) is 6.99. The van der Waals surface area contributed by atoms with E-state index < -0.39 is 28.5 Å². The van der Waals surface area contributed by atoms with Gasteiger partial charge < -0.3 is 10.2 Å². The van der Waals surface area contributed by atoms with E-state index in [0.717, 1.165) is 19.7 Å². The zero-order chi connectivity index (χ0) is 24.8. The predicted octanol–water partition coefficient (Wildman–Crippen LogP) is 4.04. The van der Waals surface area contributed by atoms with Gasteiger partial charge in [0, 0.05) is 21.2 Å². The van der Waals surface area contributed by atoms with Crippen molar-refractivity contribution < 1.29 is 18.0 Å². The molecule has 0 radical (unpaired) electrons. The number of sulfonamides is 1. The molecule has 1 N–H and O–H groups in total. The lowest BCUT2D eigenvalue weighted by Crippen LogP contribution is -2.53. The Morgan fingerprint density at radius 2 is 1.64 bits per heavy atom. The Kier molecular flexibility index (Phi) is 9.99. The lowest BCUT2D eigenvalue weighted by molar-refractivity contribution is -0.140. The molecule has 0 unspecified atom stereocenters. The minimum atomic E-state index is -3.74. The summed E-state index contributed by atoms with van der Waals surface area (Å²) < 4.78 is 27.1. The van der Waals surface area contributed by atoms with Gasteiger partial charge in [0.15, 0.2) is 0 Å². The smallest absolute Gasteiger partial charge is 0.244 e. The van der Waals surface area contributed by atoms with Crippen LogP contribution >= 0.6 is 34.2 Å². The Bertz CT molecular complexity index is 1060. The zero-order valence-electron chi connectivity index (χ0n) is 19.1. The molecule has 2 aromatic rings. The summed E-state index contributed by atoms with van der Waals surface area (Å²) in [5.41, 5.74) is 1.17. The van der Waals surface area contributed by atoms with Crippen molar-refractivity contribution in [3.8, 4) is 0 Å². The van der Waals surface area contributed by atoms with E-state index in [0.29, 0.717) is 17.1 Å². The summed E-state index contributed by atoms with van der Waals surface area (Å²) in [5.74, 6) is -0.755. The third-order valence-electron chi connectivity index (χ3n) is 4.88. The molecule has 0 bridgehead atoms. The van der Waals surface area contributed by atoms with Gasteiger partial charge in [-0.05, 0) is 84.8 Å². The molecule has 0 aliphatic rings. The number of halogens is 2. The van der Waals surface area contributed by atoms with Crippen LogP contribution in [-0.2, 0) is 26.2 Å². The number of rotatable bonds is 10. The van der Waals surface area contributed by atoms with Gasteiger partial charge in [-0.25, -0.2) is 8.42 Å². The van der Waals surface area contributed by atoms with E-state index in [4.69, 9.17) is 11.6 Å². The Labute approximate surface area is 214 Å². The van der Waals surface area contributed by atoms with Crippen LogP contribution in [0.4, 0.5) is 5.69 Å². The van der Waals surface area contributed by atoms with Crippen molar-refractivity contribution in [2.24, 2.45) is 0 Å². The molecule has 0 fully saturated rings. The molecule has 2 aromatic carbocycles. The highest BCUT2D eigenvalue weighted by Gasteiger charge is 2.31. The number of nitrogens with zero attached hydrogens (tertiary/aromatic N) is 2. The molecule has 0 spiro atoms. The molecule has 2 amide bonds. The maximum absolute atomic E-state index is 13.5. The summed E-state index contributed by atoms with van der Waals surface area (Å²) in [6.45, 7) is 5.24. The monoisotopic (exact) mass is 605 g/mol. The topological polar surface area (TPSA) is 86.8 Å². The highest BCUT2D eigenvalue weighted by atomic mass is 127. The quantitative estimate of drug-likeness (QED) is 0.414. The Morgan fingerprint density at radius 3 is 2.12 bits per heavy atom. The molecular weight excluding hydrogens is 577 g/mol. The molecular formula is C23H29ClIN3O4S. The SMILES string of the molecule is CC[C@H](C(=O)NC(C)C)N(Cc1ccc(Cl)cc1)C(=O)CN(c1ccc(I)cc1)S(C)(=O)=O. The first-order valence-electron chi connectivity index (χ1n) is 10.5. The van der Waals surface area contributed by atoms with Crippen molar-refractivity contribution in [1.29, 1.82) is 0 Å². The second-order valence-corrected chi connectivity index (χ2v) is 11.6. The van der Waals surface area contributed by atoms with Crippen LogP contribution in [0.5, 0.6) is 0 Å². The molecule has 0 aliphatic heterocycles. The van der Waals surface area contributed by atoms with E-state index in [2.05, 4.69) is 27.9 Å². The Hall–Kier alpha value is -1.85. The van der Waals surface area contributed by atoms with Gasteiger partial charge in [0.2, 0.25) is 21.8 Å². The van der Waals surface area contributed by atoms with Crippen molar-refractivity contribution in [3.05, 3.63) is 62.7 Å². The predicted molar refractivity (Wildman–Crippen MR) is 141 cm³/mol. The molecule has 1 atom stereocenters. The van der Waals surface area contributed by atoms with Crippen molar-refractivity contribution in [1.82, 2.24) is 10.2 Å². The number of anilines is 1. The van der Waals surface area contributed by atoms with Gasteiger partial charge in [0.25, 0.3) is 0 Å². The second kappa shape index (κ2) is 12.0. The first-order chi connectivity index (χ1) is 15.4. The zero-order valence-corrected chi connectivity index (χ0v) is 22.8. The molecule has 0 saturated heterocycles. The lowest BCUT2D eigenvalue weighted by atomic mass is 10.1. The summed E-state index contributed by atoms with van der Waals surface area (Å²) in [7, 11) is -3.74. The van der Waals surface area contributed by atoms with E-state index >= 15 is 0 Å². The summed E-state index contributed by atoms with van der Waals surface area (Å²) >= 11 is 8.11. The Morgan fingerprint density at radius 1 is 1.06 bits per heavy atom. The molecule has 180 valence electrons. The van der Waals surface area contributed by atoms with E-state index in [1.54, 1.807) is 48.5 Å². The third kappa shape index (κ3) is 8.15. The largest absolute Gasteiger partial charge is 0.352 e. The van der Waals surface area contributed by atoms with Crippen molar-refractivity contribution in [3.63, 3.8) is 0 Å². The van der Waals surface area contributed by atoms with E-state index in [1.807, 2.05) is 20.8 Å². The first-order valence-corrected chi connectivity index (χ1v) is 13.8. The number of hydrogen-bond donors (Lipinski definition) is 1. The van der Waals surface area contributed by atoms with Crippen molar-refractivity contribution in [2.45, 2.75) is 45.8 Å². The maximum atomic E-state index is 13.5. The van der Waals surface area contributed by atoms with E-state index in [9.17, 15) is 18.0 Å². The fourth-order valence-corrected chi connectivity index (χ4v) is 4.64. The number of carbonyl (C=O) groups is 2. The molecule has 0 aromatic heterocycles. The fourth-order valence-electron chi connectivity index (χ4n) is 3.31. The molecule has 2 rings (SSSR count). The van der Waals surface area contributed by atoms with Crippen LogP contribution in [0, 0.1) is 3.57 Å². The van der Waals surface area contributed by atoms with E-state index in [-0.39, 0.29) is 18.5 Å². The number of benzene rings is 2. The second-order valence-electron chi connectivity index (χ2n) is 7.98. The number of carbonyl (C=O) groups excluding carboxylic acids is 2. The minimum Gasteiger partial charge on any atom is -0.352 e. The Balaban J connectivity index is 2.42. The van der Waals surface area contributed by atoms with Crippen LogP contribution in [-0.4, -0.2) is 50.0 Å². The fraction of sp³-hybridized carbons (Fsp3) is 0.391. The standard InChI is InChI=1S/C23H29ClIN3O4S/c1-5-21(23(30)26-16(2)3)27(14-17-6-8-18(24)9-7-17)22(29)15-28(33(4,31)32)20-12-10-19(25)11-13-20/h6-13,16,21H,5,14-15H2,1-4H3,(H,26,30)/t21-/m1/s1. The molecule has 0 heterocycles. The molecule has 7 nitrogen and oxygen atoms in total. The first kappa shape index (κ1) is 27.4. The van der Waals surface area contributed by atoms with Crippen LogP contribution in [0.1, 0.15) is 32.8 Å². The normalized spacial score (nSPS) is 12.3. The molecule has 33 heavy (non-hydrogen) atoms. The van der Waals surface area contributed by atoms with Gasteiger partial charge in [0.05, 0.1) is 11.9 Å². The highest BCUT2D eigenvalue weighted by Crippen LogP contribution is 2.21. The van der Waals surface area contributed by atoms with E-state index in [1.165, 1.54) is 4.90 Å². The molecule has 10 heteroatoms. The van der Waals surface area contributed by atoms with Crippen LogP contribution in [0.25, 0.3) is 0 Å². The van der Waals surface area contributed by atoms with Gasteiger partial charge in [-0.2, -0.15) is 0 Å². The van der Waals surface area contributed by atoms with Gasteiger partial charge in [-0.15, -0.1) is 0 Å². The van der Waals surface area contributed by atoms with Crippen molar-refractivity contribution >= 4 is 61.7 Å². The summed E-state index contributed by atoms with van der Waals surface area (Å²) in [4.78, 5) is 27.9. The van der Waals surface area contributed by atoms with Crippen molar-refractivity contribution in [2.75, 3.05) is 17.1 Å². The highest BCUT2D eigenvalue weighted by molar-refractivity contribution is 14.1. The summed E-state index contributed by atoms with van der Waals surface area (Å²) in [6, 6.07) is 13.0. The van der Waals surface area contributed by atoms with Gasteiger partial charge in [0.1, 0.15) is 12.6 Å².